The average Bonchev–Trinajstić information content (AvgIpc) is 2.83. The maximum Gasteiger partial charge on any atom is 0.132 e. The van der Waals surface area contributed by atoms with E-state index in [0.29, 0.717) is 0 Å². The number of halogens is 1. The van der Waals surface area contributed by atoms with Crippen molar-refractivity contribution in [3.63, 3.8) is 0 Å². The second-order valence-corrected chi connectivity index (χ2v) is 8.34. The largest absolute Gasteiger partial charge is 0.457 e. The van der Waals surface area contributed by atoms with Crippen LogP contribution in [-0.4, -0.2) is 0 Å². The van der Waals surface area contributed by atoms with Crippen LogP contribution in [0.15, 0.2) is 109 Å². The molecule has 5 aromatic carbocycles. The first-order chi connectivity index (χ1) is 15.3. The van der Waals surface area contributed by atoms with Crippen molar-refractivity contribution in [1.29, 1.82) is 0 Å². The highest BCUT2D eigenvalue weighted by molar-refractivity contribution is 6.30. The van der Waals surface area contributed by atoms with Gasteiger partial charge in [0.2, 0.25) is 0 Å². The van der Waals surface area contributed by atoms with E-state index in [-0.39, 0.29) is 5.92 Å². The average molecular weight is 419 g/mol. The van der Waals surface area contributed by atoms with Gasteiger partial charge in [-0.3, -0.25) is 0 Å². The quantitative estimate of drug-likeness (QED) is 0.274. The molecule has 0 bridgehead atoms. The molecule has 0 saturated carbocycles. The second-order valence-electron chi connectivity index (χ2n) is 7.90. The van der Waals surface area contributed by atoms with Crippen molar-refractivity contribution in [2.75, 3.05) is 0 Å². The monoisotopic (exact) mass is 418 g/mol. The second kappa shape index (κ2) is 7.30. The highest BCUT2D eigenvalue weighted by Crippen LogP contribution is 2.50. The van der Waals surface area contributed by atoms with E-state index in [0.717, 1.165) is 16.5 Å². The van der Waals surface area contributed by atoms with Crippen LogP contribution in [0, 0.1) is 0 Å². The van der Waals surface area contributed by atoms with Crippen LogP contribution < -0.4 is 4.74 Å². The smallest absolute Gasteiger partial charge is 0.132 e. The minimum absolute atomic E-state index is 0.0609. The van der Waals surface area contributed by atoms with Crippen molar-refractivity contribution in [3.8, 4) is 22.6 Å². The predicted octanol–water partition coefficient (Wildman–Crippen LogP) is 8.45. The zero-order valence-corrected chi connectivity index (χ0v) is 17.5. The molecule has 0 N–H and O–H groups in total. The summed E-state index contributed by atoms with van der Waals surface area (Å²) >= 11 is 6.23. The number of rotatable bonds is 2. The van der Waals surface area contributed by atoms with E-state index in [4.69, 9.17) is 16.3 Å². The number of benzene rings is 5. The Labute approximate surface area is 186 Å². The summed E-state index contributed by atoms with van der Waals surface area (Å²) in [4.78, 5) is 0. The lowest BCUT2D eigenvalue weighted by Crippen LogP contribution is -2.12. The molecule has 0 fully saturated rings. The maximum atomic E-state index is 6.43. The number of fused-ring (bicyclic) bond motifs is 4. The Morgan fingerprint density at radius 1 is 0.613 bits per heavy atom. The van der Waals surface area contributed by atoms with Gasteiger partial charge in [-0.15, -0.1) is 0 Å². The van der Waals surface area contributed by atoms with Gasteiger partial charge in [0.15, 0.2) is 0 Å². The van der Waals surface area contributed by atoms with Crippen LogP contribution in [0.4, 0.5) is 0 Å². The Morgan fingerprint density at radius 2 is 1.35 bits per heavy atom. The molecule has 1 nitrogen and oxygen atoms in total. The van der Waals surface area contributed by atoms with Gasteiger partial charge in [0.1, 0.15) is 11.5 Å². The molecule has 0 aromatic heterocycles. The van der Waals surface area contributed by atoms with Gasteiger partial charge in [-0.2, -0.15) is 0 Å². The van der Waals surface area contributed by atoms with E-state index in [9.17, 15) is 0 Å². The van der Waals surface area contributed by atoms with Crippen molar-refractivity contribution in [1.82, 2.24) is 0 Å². The Hall–Kier alpha value is -3.55. The summed E-state index contributed by atoms with van der Waals surface area (Å²) in [6.45, 7) is 0. The lowest BCUT2D eigenvalue weighted by atomic mass is 9.79. The van der Waals surface area contributed by atoms with Gasteiger partial charge in [0, 0.05) is 22.1 Å². The summed E-state index contributed by atoms with van der Waals surface area (Å²) in [5.74, 6) is 1.88. The summed E-state index contributed by atoms with van der Waals surface area (Å²) in [5, 5.41) is 3.18. The number of hydrogen-bond acceptors (Lipinski definition) is 1. The van der Waals surface area contributed by atoms with Crippen molar-refractivity contribution in [3.05, 3.63) is 131 Å². The minimum Gasteiger partial charge on any atom is -0.457 e. The zero-order chi connectivity index (χ0) is 20.8. The minimum atomic E-state index is 0.0609. The lowest BCUT2D eigenvalue weighted by molar-refractivity contribution is 0.454. The summed E-state index contributed by atoms with van der Waals surface area (Å²) in [5.41, 5.74) is 5.97. The molecule has 5 aromatic rings. The molecule has 6 rings (SSSR count). The summed E-state index contributed by atoms with van der Waals surface area (Å²) in [7, 11) is 0. The van der Waals surface area contributed by atoms with Crippen LogP contribution in [0.3, 0.4) is 0 Å². The number of ether oxygens (including phenoxy) is 1. The SMILES string of the molecule is Clc1ccc(C2c3cc(-c4ccccc4)ccc3Oc3ccc4ccccc4c32)cc1. The molecule has 0 radical (unpaired) electrons. The molecule has 2 heteroatoms. The number of hydrogen-bond donors (Lipinski definition) is 0. The molecule has 0 saturated heterocycles. The highest BCUT2D eigenvalue weighted by Gasteiger charge is 2.30. The molecular weight excluding hydrogens is 400 g/mol. The van der Waals surface area contributed by atoms with Gasteiger partial charge in [-0.1, -0.05) is 90.5 Å². The molecule has 1 atom stereocenters. The van der Waals surface area contributed by atoms with Crippen molar-refractivity contribution < 1.29 is 4.74 Å². The van der Waals surface area contributed by atoms with Crippen LogP contribution in [0.25, 0.3) is 21.9 Å². The Bertz CT molecular complexity index is 1400. The van der Waals surface area contributed by atoms with Crippen LogP contribution in [0.5, 0.6) is 11.5 Å². The Morgan fingerprint density at radius 3 is 2.19 bits per heavy atom. The van der Waals surface area contributed by atoms with E-state index >= 15 is 0 Å². The molecule has 1 aliphatic heterocycles. The van der Waals surface area contributed by atoms with Gasteiger partial charge < -0.3 is 4.74 Å². The van der Waals surface area contributed by atoms with Crippen LogP contribution >= 0.6 is 11.6 Å². The van der Waals surface area contributed by atoms with Crippen molar-refractivity contribution in [2.45, 2.75) is 5.92 Å². The van der Waals surface area contributed by atoms with Crippen LogP contribution in [0.2, 0.25) is 5.02 Å². The molecule has 148 valence electrons. The molecule has 1 heterocycles. The normalized spacial score (nSPS) is 14.5. The summed E-state index contributed by atoms with van der Waals surface area (Å²) in [6, 6.07) is 37.9. The molecule has 0 aliphatic carbocycles. The molecular formula is C29H19ClO. The summed E-state index contributed by atoms with van der Waals surface area (Å²) in [6.07, 6.45) is 0. The van der Waals surface area contributed by atoms with Crippen LogP contribution in [-0.2, 0) is 0 Å². The van der Waals surface area contributed by atoms with Crippen LogP contribution in [0.1, 0.15) is 22.6 Å². The predicted molar refractivity (Wildman–Crippen MR) is 128 cm³/mol. The van der Waals surface area contributed by atoms with Gasteiger partial charge in [-0.05, 0) is 57.8 Å². The topological polar surface area (TPSA) is 9.23 Å². The van der Waals surface area contributed by atoms with E-state index in [1.807, 2.05) is 18.2 Å². The first kappa shape index (κ1) is 18.2. The van der Waals surface area contributed by atoms with E-state index in [1.165, 1.54) is 38.6 Å². The molecule has 0 spiro atoms. The first-order valence-corrected chi connectivity index (χ1v) is 10.8. The third-order valence-electron chi connectivity index (χ3n) is 6.07. The van der Waals surface area contributed by atoms with Gasteiger partial charge in [0.25, 0.3) is 0 Å². The molecule has 0 amide bonds. The van der Waals surface area contributed by atoms with Gasteiger partial charge in [-0.25, -0.2) is 0 Å². The maximum absolute atomic E-state index is 6.43. The van der Waals surface area contributed by atoms with Crippen molar-refractivity contribution in [2.24, 2.45) is 0 Å². The Balaban J connectivity index is 1.63. The fraction of sp³-hybridized carbons (Fsp3) is 0.0345. The van der Waals surface area contributed by atoms with E-state index < -0.39 is 0 Å². The standard InChI is InChI=1S/C29H19ClO/c30-23-14-10-21(11-15-23)28-25-18-22(19-6-2-1-3-7-19)13-16-26(25)31-27-17-12-20-8-4-5-9-24(20)29(27)28/h1-18,28H. The third-order valence-corrected chi connectivity index (χ3v) is 6.32. The first-order valence-electron chi connectivity index (χ1n) is 10.4. The zero-order valence-electron chi connectivity index (χ0n) is 16.8. The van der Waals surface area contributed by atoms with Gasteiger partial charge in [0.05, 0.1) is 0 Å². The molecule has 31 heavy (non-hydrogen) atoms. The Kier molecular flexibility index (Phi) is 4.29. The lowest BCUT2D eigenvalue weighted by Gasteiger charge is -2.30. The van der Waals surface area contributed by atoms with Crippen molar-refractivity contribution >= 4 is 22.4 Å². The van der Waals surface area contributed by atoms with Gasteiger partial charge >= 0.3 is 0 Å². The highest BCUT2D eigenvalue weighted by atomic mass is 35.5. The fourth-order valence-electron chi connectivity index (χ4n) is 4.61. The van der Waals surface area contributed by atoms with E-state index in [1.54, 1.807) is 0 Å². The van der Waals surface area contributed by atoms with E-state index in [2.05, 4.69) is 91.0 Å². The molecule has 1 aliphatic rings. The fourth-order valence-corrected chi connectivity index (χ4v) is 4.74. The third kappa shape index (κ3) is 3.10. The summed E-state index contributed by atoms with van der Waals surface area (Å²) < 4.78 is 6.43. The molecule has 1 unspecified atom stereocenters.